The Morgan fingerprint density at radius 3 is 3.11 bits per heavy atom. The molecular formula is C14H26N4. The van der Waals surface area contributed by atoms with Crippen LogP contribution in [0.25, 0.3) is 0 Å². The Bertz CT molecular complexity index is 347. The highest BCUT2D eigenvalue weighted by Gasteiger charge is 2.21. The highest BCUT2D eigenvalue weighted by molar-refractivity contribution is 5.26. The summed E-state index contributed by atoms with van der Waals surface area (Å²) in [6.07, 6.45) is 9.04. The van der Waals surface area contributed by atoms with Crippen LogP contribution in [0.1, 0.15) is 45.6 Å². The first-order chi connectivity index (χ1) is 8.85. The van der Waals surface area contributed by atoms with E-state index in [0.717, 1.165) is 25.6 Å². The molecule has 1 N–H and O–H groups in total. The van der Waals surface area contributed by atoms with Crippen molar-refractivity contribution in [3.63, 3.8) is 0 Å². The molecule has 1 aliphatic heterocycles. The van der Waals surface area contributed by atoms with E-state index >= 15 is 0 Å². The fourth-order valence-electron chi connectivity index (χ4n) is 2.67. The quantitative estimate of drug-likeness (QED) is 0.788. The molecule has 1 aromatic rings. The lowest BCUT2D eigenvalue weighted by molar-refractivity contribution is 0.186. The first-order valence-corrected chi connectivity index (χ1v) is 7.34. The summed E-state index contributed by atoms with van der Waals surface area (Å²) in [6.45, 7) is 9.06. The third kappa shape index (κ3) is 3.25. The average Bonchev–Trinajstić information content (AvgIpc) is 2.87. The number of rotatable bonds is 6. The maximum absolute atomic E-state index is 4.45. The van der Waals surface area contributed by atoms with Gasteiger partial charge in [0.1, 0.15) is 0 Å². The Balaban J connectivity index is 1.97. The Hall–Kier alpha value is -1.03. The molecule has 1 aliphatic rings. The molecule has 1 atom stereocenters. The summed E-state index contributed by atoms with van der Waals surface area (Å²) in [5.74, 6) is 1.05. The fourth-order valence-corrected chi connectivity index (χ4v) is 2.67. The number of hydrogen-bond donors (Lipinski definition) is 1. The van der Waals surface area contributed by atoms with E-state index in [1.807, 2.05) is 6.20 Å². The molecule has 1 saturated heterocycles. The van der Waals surface area contributed by atoms with Gasteiger partial charge in [0, 0.05) is 31.5 Å². The molecule has 0 radical (unpaired) electrons. The van der Waals surface area contributed by atoms with E-state index in [1.165, 1.54) is 32.2 Å². The van der Waals surface area contributed by atoms with Gasteiger partial charge in [-0.15, -0.1) is 0 Å². The van der Waals surface area contributed by atoms with Gasteiger partial charge in [0.15, 0.2) is 0 Å². The number of likely N-dealkylation sites (tertiary alicyclic amines) is 1. The van der Waals surface area contributed by atoms with Crippen molar-refractivity contribution < 1.29 is 0 Å². The molecule has 0 bridgehead atoms. The third-order valence-electron chi connectivity index (χ3n) is 3.80. The predicted molar refractivity (Wildman–Crippen MR) is 76.0 cm³/mol. The lowest BCUT2D eigenvalue weighted by atomic mass is 10.1. The molecular weight excluding hydrogens is 224 g/mol. The van der Waals surface area contributed by atoms with Gasteiger partial charge in [0.2, 0.25) is 5.95 Å². The highest BCUT2D eigenvalue weighted by Crippen LogP contribution is 2.24. The predicted octanol–water partition coefficient (Wildman–Crippen LogP) is 2.75. The second-order valence-electron chi connectivity index (χ2n) is 5.13. The van der Waals surface area contributed by atoms with Gasteiger partial charge in [-0.3, -0.25) is 0 Å². The van der Waals surface area contributed by atoms with Crippen molar-refractivity contribution in [2.45, 2.75) is 45.6 Å². The molecule has 18 heavy (non-hydrogen) atoms. The molecule has 0 aliphatic carbocycles. The third-order valence-corrected chi connectivity index (χ3v) is 3.80. The van der Waals surface area contributed by atoms with E-state index in [1.54, 1.807) is 0 Å². The second-order valence-corrected chi connectivity index (χ2v) is 5.13. The van der Waals surface area contributed by atoms with E-state index in [4.69, 9.17) is 0 Å². The van der Waals surface area contributed by atoms with E-state index in [9.17, 15) is 0 Å². The molecule has 0 amide bonds. The number of aromatic nitrogens is 2. The van der Waals surface area contributed by atoms with Gasteiger partial charge >= 0.3 is 0 Å². The second kappa shape index (κ2) is 6.78. The number of nitrogens with one attached hydrogen (secondary N) is 1. The van der Waals surface area contributed by atoms with Crippen LogP contribution < -0.4 is 5.32 Å². The Kier molecular flexibility index (Phi) is 5.05. The lowest BCUT2D eigenvalue weighted by Gasteiger charge is -2.33. The normalized spacial score (nSPS) is 21.1. The minimum atomic E-state index is 0.588. The number of nitrogens with zero attached hydrogens (tertiary/aromatic N) is 3. The van der Waals surface area contributed by atoms with Crippen molar-refractivity contribution in [3.8, 4) is 0 Å². The Morgan fingerprint density at radius 2 is 2.33 bits per heavy atom. The van der Waals surface area contributed by atoms with Crippen molar-refractivity contribution in [2.24, 2.45) is 0 Å². The molecule has 0 saturated carbocycles. The largest absolute Gasteiger partial charge is 0.356 e. The maximum Gasteiger partial charge on any atom is 0.203 e. The maximum atomic E-state index is 4.45. The zero-order chi connectivity index (χ0) is 12.8. The van der Waals surface area contributed by atoms with Gasteiger partial charge in [-0.05, 0) is 32.4 Å². The zero-order valence-corrected chi connectivity index (χ0v) is 11.7. The van der Waals surface area contributed by atoms with Crippen LogP contribution in [-0.2, 0) is 0 Å². The minimum absolute atomic E-state index is 0.588. The van der Waals surface area contributed by atoms with E-state index in [-0.39, 0.29) is 0 Å². The van der Waals surface area contributed by atoms with Crippen molar-refractivity contribution in [2.75, 3.05) is 31.5 Å². The van der Waals surface area contributed by atoms with Crippen molar-refractivity contribution in [1.29, 1.82) is 0 Å². The molecule has 0 aromatic carbocycles. The van der Waals surface area contributed by atoms with Crippen molar-refractivity contribution in [1.82, 2.24) is 14.5 Å². The summed E-state index contributed by atoms with van der Waals surface area (Å²) >= 11 is 0. The number of likely N-dealkylation sites (N-methyl/N-ethyl adjacent to an activating group) is 1. The van der Waals surface area contributed by atoms with Gasteiger partial charge in [0.05, 0.1) is 0 Å². The minimum Gasteiger partial charge on any atom is -0.356 e. The van der Waals surface area contributed by atoms with E-state index in [0.29, 0.717) is 6.04 Å². The van der Waals surface area contributed by atoms with Crippen LogP contribution in [-0.4, -0.2) is 40.6 Å². The van der Waals surface area contributed by atoms with Gasteiger partial charge < -0.3 is 14.8 Å². The average molecular weight is 250 g/mol. The fraction of sp³-hybridized carbons (Fsp3) is 0.786. The summed E-state index contributed by atoms with van der Waals surface area (Å²) in [5, 5.41) is 3.46. The molecule has 2 rings (SSSR count). The van der Waals surface area contributed by atoms with Crippen LogP contribution in [0.5, 0.6) is 0 Å². The summed E-state index contributed by atoms with van der Waals surface area (Å²) in [7, 11) is 0. The summed E-state index contributed by atoms with van der Waals surface area (Å²) < 4.78 is 2.33. The van der Waals surface area contributed by atoms with Crippen LogP contribution >= 0.6 is 0 Å². The first kappa shape index (κ1) is 13.4. The van der Waals surface area contributed by atoms with Crippen LogP contribution in [0.2, 0.25) is 0 Å². The van der Waals surface area contributed by atoms with Crippen molar-refractivity contribution in [3.05, 3.63) is 12.4 Å². The molecule has 102 valence electrons. The van der Waals surface area contributed by atoms with Crippen LogP contribution in [0, 0.1) is 0 Å². The number of piperidine rings is 1. The van der Waals surface area contributed by atoms with E-state index < -0.39 is 0 Å². The topological polar surface area (TPSA) is 33.1 Å². The summed E-state index contributed by atoms with van der Waals surface area (Å²) in [6, 6.07) is 0.588. The number of unbranched alkanes of at least 4 members (excludes halogenated alkanes) is 1. The molecule has 1 fully saturated rings. The standard InChI is InChI=1S/C14H26N4/c1-3-5-8-15-14-16-9-11-18(14)13-7-6-10-17(4-2)12-13/h9,11,13H,3-8,10,12H2,1-2H3,(H,15,16). The molecule has 0 spiro atoms. The Labute approximate surface area is 110 Å². The van der Waals surface area contributed by atoms with Crippen LogP contribution in [0.15, 0.2) is 12.4 Å². The van der Waals surface area contributed by atoms with Crippen LogP contribution in [0.3, 0.4) is 0 Å². The SMILES string of the molecule is CCCCNc1nccn1C1CCCN(CC)C1. The summed E-state index contributed by atoms with van der Waals surface area (Å²) in [4.78, 5) is 6.98. The molecule has 4 nitrogen and oxygen atoms in total. The number of anilines is 1. The summed E-state index contributed by atoms with van der Waals surface area (Å²) in [5.41, 5.74) is 0. The lowest BCUT2D eigenvalue weighted by Crippen LogP contribution is -2.36. The molecule has 1 unspecified atom stereocenters. The number of imidazole rings is 1. The monoisotopic (exact) mass is 250 g/mol. The van der Waals surface area contributed by atoms with Crippen molar-refractivity contribution >= 4 is 5.95 Å². The zero-order valence-electron chi connectivity index (χ0n) is 11.7. The molecule has 1 aromatic heterocycles. The Morgan fingerprint density at radius 1 is 1.44 bits per heavy atom. The van der Waals surface area contributed by atoms with Gasteiger partial charge in [-0.25, -0.2) is 4.98 Å². The first-order valence-electron chi connectivity index (χ1n) is 7.34. The highest BCUT2D eigenvalue weighted by atomic mass is 15.2. The van der Waals surface area contributed by atoms with Gasteiger partial charge in [-0.1, -0.05) is 20.3 Å². The van der Waals surface area contributed by atoms with Crippen LogP contribution in [0.4, 0.5) is 5.95 Å². The van der Waals surface area contributed by atoms with Gasteiger partial charge in [-0.2, -0.15) is 0 Å². The molecule has 4 heteroatoms. The smallest absolute Gasteiger partial charge is 0.203 e. The van der Waals surface area contributed by atoms with E-state index in [2.05, 4.69) is 39.8 Å². The number of hydrogen-bond acceptors (Lipinski definition) is 3. The molecule has 2 heterocycles. The van der Waals surface area contributed by atoms with Gasteiger partial charge in [0.25, 0.3) is 0 Å².